The lowest BCUT2D eigenvalue weighted by Crippen LogP contribution is -2.29. The Bertz CT molecular complexity index is 376. The van der Waals surface area contributed by atoms with Gasteiger partial charge in [-0.3, -0.25) is 0 Å². The molecule has 0 saturated heterocycles. The Balaban J connectivity index is 1.85. The van der Waals surface area contributed by atoms with Crippen molar-refractivity contribution in [2.75, 3.05) is 13.2 Å². The van der Waals surface area contributed by atoms with Crippen LogP contribution in [0.25, 0.3) is 0 Å². The van der Waals surface area contributed by atoms with E-state index in [0.29, 0.717) is 13.2 Å². The van der Waals surface area contributed by atoms with Crippen molar-refractivity contribution in [2.24, 2.45) is 0 Å². The van der Waals surface area contributed by atoms with E-state index in [4.69, 9.17) is 9.47 Å². The number of aryl methyl sites for hydroxylation is 1. The van der Waals surface area contributed by atoms with E-state index >= 15 is 0 Å². The molecule has 0 bridgehead atoms. The summed E-state index contributed by atoms with van der Waals surface area (Å²) in [7, 11) is 0. The molecule has 0 aromatic heterocycles. The highest BCUT2D eigenvalue weighted by molar-refractivity contribution is 5.32. The molecule has 1 aromatic rings. The topological polar surface area (TPSA) is 38.7 Å². The molecule has 2 atom stereocenters. The average molecular weight is 250 g/mol. The second-order valence-corrected chi connectivity index (χ2v) is 5.01. The summed E-state index contributed by atoms with van der Waals surface area (Å²) in [6.45, 7) is 5.14. The van der Waals surface area contributed by atoms with Gasteiger partial charge in [0.15, 0.2) is 0 Å². The van der Waals surface area contributed by atoms with E-state index in [2.05, 4.69) is 6.07 Å². The van der Waals surface area contributed by atoms with Crippen LogP contribution in [0.1, 0.15) is 37.5 Å². The van der Waals surface area contributed by atoms with Gasteiger partial charge < -0.3 is 14.6 Å². The van der Waals surface area contributed by atoms with Crippen molar-refractivity contribution in [1.29, 1.82) is 0 Å². The molecule has 1 N–H and O–H groups in total. The zero-order valence-electron chi connectivity index (χ0n) is 11.1. The molecule has 3 nitrogen and oxygen atoms in total. The van der Waals surface area contributed by atoms with Crippen LogP contribution in [0.3, 0.4) is 0 Å². The summed E-state index contributed by atoms with van der Waals surface area (Å²) in [5, 5.41) is 10.3. The summed E-state index contributed by atoms with van der Waals surface area (Å²) in [6.07, 6.45) is 1.47. The molecule has 1 aliphatic rings. The molecular weight excluding hydrogens is 228 g/mol. The second-order valence-electron chi connectivity index (χ2n) is 5.01. The quantitative estimate of drug-likeness (QED) is 0.816. The lowest BCUT2D eigenvalue weighted by molar-refractivity contribution is -0.0710. The Hall–Kier alpha value is -0.900. The lowest BCUT2D eigenvalue weighted by Gasteiger charge is -2.30. The Labute approximate surface area is 109 Å². The van der Waals surface area contributed by atoms with E-state index in [-0.39, 0.29) is 12.2 Å². The summed E-state index contributed by atoms with van der Waals surface area (Å²) in [5.41, 5.74) is 2.25. The van der Waals surface area contributed by atoms with Crippen LogP contribution in [0.5, 0.6) is 0 Å². The maximum absolute atomic E-state index is 10.3. The monoisotopic (exact) mass is 250 g/mol. The van der Waals surface area contributed by atoms with Crippen molar-refractivity contribution in [1.82, 2.24) is 0 Å². The Morgan fingerprint density at radius 3 is 2.83 bits per heavy atom. The average Bonchev–Trinajstić information content (AvgIpc) is 2.37. The van der Waals surface area contributed by atoms with E-state index in [9.17, 15) is 5.11 Å². The van der Waals surface area contributed by atoms with E-state index < -0.39 is 6.10 Å². The zero-order chi connectivity index (χ0) is 13.0. The van der Waals surface area contributed by atoms with Crippen LogP contribution in [0.2, 0.25) is 0 Å². The number of ether oxygens (including phenoxy) is 2. The lowest BCUT2D eigenvalue weighted by atomic mass is 9.87. The molecule has 3 heteroatoms. The molecular formula is C15H22O3. The van der Waals surface area contributed by atoms with Crippen molar-refractivity contribution in [3.05, 3.63) is 35.4 Å². The molecule has 2 unspecified atom stereocenters. The normalized spacial score (nSPS) is 23.1. The van der Waals surface area contributed by atoms with Gasteiger partial charge in [-0.25, -0.2) is 0 Å². The first-order valence-electron chi connectivity index (χ1n) is 6.67. The number of hydrogen-bond donors (Lipinski definition) is 1. The van der Waals surface area contributed by atoms with Crippen LogP contribution in [0.4, 0.5) is 0 Å². The molecule has 18 heavy (non-hydrogen) atoms. The summed E-state index contributed by atoms with van der Waals surface area (Å²) < 4.78 is 11.2. The van der Waals surface area contributed by atoms with Crippen LogP contribution in [0, 0.1) is 0 Å². The number of aliphatic hydroxyl groups excluding tert-OH is 1. The van der Waals surface area contributed by atoms with E-state index in [1.165, 1.54) is 5.56 Å². The second kappa shape index (κ2) is 6.32. The van der Waals surface area contributed by atoms with Gasteiger partial charge in [-0.2, -0.15) is 0 Å². The van der Waals surface area contributed by atoms with Gasteiger partial charge in [0.05, 0.1) is 25.4 Å². The molecule has 0 heterocycles. The number of benzene rings is 1. The Morgan fingerprint density at radius 2 is 2.06 bits per heavy atom. The maximum atomic E-state index is 10.3. The van der Waals surface area contributed by atoms with Crippen LogP contribution in [-0.2, 0) is 15.9 Å². The standard InChI is InChI=1S/C15H22O3/c1-11(2)17-9-10-18-14-8-7-12-5-3-4-6-13(12)15(14)16/h3-6,11,14-16H,7-10H2,1-2H3. The van der Waals surface area contributed by atoms with Gasteiger partial charge in [0.25, 0.3) is 0 Å². The highest BCUT2D eigenvalue weighted by Gasteiger charge is 2.27. The fraction of sp³-hybridized carbons (Fsp3) is 0.600. The SMILES string of the molecule is CC(C)OCCOC1CCc2ccccc2C1O. The fourth-order valence-corrected chi connectivity index (χ4v) is 2.36. The predicted molar refractivity (Wildman–Crippen MR) is 70.6 cm³/mol. The summed E-state index contributed by atoms with van der Waals surface area (Å²) >= 11 is 0. The van der Waals surface area contributed by atoms with Crippen molar-refractivity contribution >= 4 is 0 Å². The van der Waals surface area contributed by atoms with Crippen LogP contribution < -0.4 is 0 Å². The first-order valence-corrected chi connectivity index (χ1v) is 6.67. The highest BCUT2D eigenvalue weighted by Crippen LogP contribution is 2.31. The third-order valence-electron chi connectivity index (χ3n) is 3.29. The largest absolute Gasteiger partial charge is 0.386 e. The van der Waals surface area contributed by atoms with Crippen LogP contribution >= 0.6 is 0 Å². The van der Waals surface area contributed by atoms with E-state index in [1.807, 2.05) is 32.0 Å². The summed E-state index contributed by atoms with van der Waals surface area (Å²) in [4.78, 5) is 0. The Kier molecular flexibility index (Phi) is 4.75. The predicted octanol–water partition coefficient (Wildman–Crippen LogP) is 2.48. The van der Waals surface area contributed by atoms with Crippen molar-refractivity contribution in [3.8, 4) is 0 Å². The van der Waals surface area contributed by atoms with Gasteiger partial charge in [0.1, 0.15) is 6.10 Å². The number of rotatable bonds is 5. The van der Waals surface area contributed by atoms with E-state index in [1.54, 1.807) is 0 Å². The third kappa shape index (κ3) is 3.31. The van der Waals surface area contributed by atoms with Gasteiger partial charge >= 0.3 is 0 Å². The smallest absolute Gasteiger partial charge is 0.105 e. The molecule has 1 aliphatic carbocycles. The van der Waals surface area contributed by atoms with Crippen LogP contribution in [-0.4, -0.2) is 30.5 Å². The minimum Gasteiger partial charge on any atom is -0.386 e. The number of aliphatic hydroxyl groups is 1. The molecule has 0 aliphatic heterocycles. The maximum Gasteiger partial charge on any atom is 0.105 e. The summed E-state index contributed by atoms with van der Waals surface area (Å²) in [5.74, 6) is 0. The van der Waals surface area contributed by atoms with Crippen molar-refractivity contribution in [3.63, 3.8) is 0 Å². The highest BCUT2D eigenvalue weighted by atomic mass is 16.5. The molecule has 0 saturated carbocycles. The zero-order valence-corrected chi connectivity index (χ0v) is 11.1. The number of hydrogen-bond acceptors (Lipinski definition) is 3. The molecule has 0 amide bonds. The molecule has 0 radical (unpaired) electrons. The summed E-state index contributed by atoms with van der Waals surface area (Å²) in [6, 6.07) is 8.05. The first-order chi connectivity index (χ1) is 8.68. The van der Waals surface area contributed by atoms with Crippen molar-refractivity contribution in [2.45, 2.75) is 45.0 Å². The van der Waals surface area contributed by atoms with Gasteiger partial charge in [-0.15, -0.1) is 0 Å². The van der Waals surface area contributed by atoms with Gasteiger partial charge in [0.2, 0.25) is 0 Å². The Morgan fingerprint density at radius 1 is 1.28 bits per heavy atom. The molecule has 1 aromatic carbocycles. The fourth-order valence-electron chi connectivity index (χ4n) is 2.36. The van der Waals surface area contributed by atoms with Gasteiger partial charge in [0, 0.05) is 0 Å². The third-order valence-corrected chi connectivity index (χ3v) is 3.29. The first kappa shape index (κ1) is 13.5. The van der Waals surface area contributed by atoms with Gasteiger partial charge in [-0.1, -0.05) is 24.3 Å². The number of fused-ring (bicyclic) bond motifs is 1. The molecule has 2 rings (SSSR count). The van der Waals surface area contributed by atoms with Crippen LogP contribution in [0.15, 0.2) is 24.3 Å². The minimum atomic E-state index is -0.506. The van der Waals surface area contributed by atoms with Crippen molar-refractivity contribution < 1.29 is 14.6 Å². The molecule has 0 spiro atoms. The van der Waals surface area contributed by atoms with E-state index in [0.717, 1.165) is 18.4 Å². The minimum absolute atomic E-state index is 0.101. The molecule has 100 valence electrons. The van der Waals surface area contributed by atoms with Gasteiger partial charge in [-0.05, 0) is 37.8 Å². The molecule has 0 fully saturated rings.